The lowest BCUT2D eigenvalue weighted by molar-refractivity contribution is -0.0879. The van der Waals surface area contributed by atoms with Crippen LogP contribution in [0.3, 0.4) is 0 Å². The van der Waals surface area contributed by atoms with Crippen LogP contribution in [0.15, 0.2) is 24.3 Å². The summed E-state index contributed by atoms with van der Waals surface area (Å²) in [4.78, 5) is 0. The van der Waals surface area contributed by atoms with E-state index in [0.717, 1.165) is 24.0 Å². The van der Waals surface area contributed by atoms with Crippen molar-refractivity contribution in [3.05, 3.63) is 29.8 Å². The summed E-state index contributed by atoms with van der Waals surface area (Å²) >= 11 is 0. The van der Waals surface area contributed by atoms with Crippen LogP contribution in [-0.2, 0) is 0 Å². The minimum absolute atomic E-state index is 0.204. The maximum absolute atomic E-state index is 10.9. The predicted molar refractivity (Wildman–Crippen MR) is 134 cm³/mol. The number of aliphatic hydroxyl groups excluding tert-OH is 1. The van der Waals surface area contributed by atoms with Crippen LogP contribution < -0.4 is 4.74 Å². The van der Waals surface area contributed by atoms with E-state index in [1.807, 2.05) is 26.0 Å². The lowest BCUT2D eigenvalue weighted by Gasteiger charge is -2.48. The SMILES string of the molecule is CC.CCCC(C)c1ccc(OC(O)CC(C)(C2CCCCC2)C2CCCCC2)cc1. The van der Waals surface area contributed by atoms with Crippen molar-refractivity contribution in [2.75, 3.05) is 0 Å². The van der Waals surface area contributed by atoms with Crippen molar-refractivity contribution in [1.29, 1.82) is 0 Å². The highest BCUT2D eigenvalue weighted by atomic mass is 16.6. The third-order valence-corrected chi connectivity index (χ3v) is 8.13. The Morgan fingerprint density at radius 3 is 1.84 bits per heavy atom. The number of ether oxygens (including phenoxy) is 1. The molecule has 2 saturated carbocycles. The highest BCUT2D eigenvalue weighted by Gasteiger charge is 2.43. The molecule has 2 atom stereocenters. The van der Waals surface area contributed by atoms with Crippen LogP contribution in [0.4, 0.5) is 0 Å². The molecule has 3 rings (SSSR count). The zero-order valence-corrected chi connectivity index (χ0v) is 21.2. The molecule has 2 fully saturated rings. The third kappa shape index (κ3) is 7.52. The smallest absolute Gasteiger partial charge is 0.197 e. The van der Waals surface area contributed by atoms with Gasteiger partial charge < -0.3 is 9.84 Å². The molecule has 31 heavy (non-hydrogen) atoms. The molecule has 2 unspecified atom stereocenters. The van der Waals surface area contributed by atoms with E-state index in [9.17, 15) is 5.11 Å². The molecule has 1 N–H and O–H groups in total. The third-order valence-electron chi connectivity index (χ3n) is 8.13. The Bertz CT molecular complexity index is 563. The van der Waals surface area contributed by atoms with Crippen LogP contribution in [0.25, 0.3) is 0 Å². The Morgan fingerprint density at radius 1 is 0.903 bits per heavy atom. The number of hydrogen-bond donors (Lipinski definition) is 1. The zero-order chi connectivity index (χ0) is 22.7. The lowest BCUT2D eigenvalue weighted by Crippen LogP contribution is -2.41. The van der Waals surface area contributed by atoms with Gasteiger partial charge in [0.25, 0.3) is 0 Å². The monoisotopic (exact) mass is 430 g/mol. The maximum Gasteiger partial charge on any atom is 0.197 e. The molecular formula is C29H50O2. The van der Waals surface area contributed by atoms with E-state index in [4.69, 9.17) is 4.74 Å². The minimum atomic E-state index is -0.706. The minimum Gasteiger partial charge on any atom is -0.465 e. The van der Waals surface area contributed by atoms with Gasteiger partial charge in [-0.1, -0.05) is 91.7 Å². The first-order chi connectivity index (χ1) is 15.0. The second kappa shape index (κ2) is 13.5. The van der Waals surface area contributed by atoms with Crippen LogP contribution in [-0.4, -0.2) is 11.4 Å². The molecule has 0 bridgehead atoms. The Labute approximate surface area is 193 Å². The van der Waals surface area contributed by atoms with Crippen LogP contribution in [0.5, 0.6) is 5.75 Å². The van der Waals surface area contributed by atoms with Crippen molar-refractivity contribution in [3.63, 3.8) is 0 Å². The van der Waals surface area contributed by atoms with Gasteiger partial charge in [0.2, 0.25) is 0 Å². The fourth-order valence-electron chi connectivity index (χ4n) is 6.24. The van der Waals surface area contributed by atoms with Crippen molar-refractivity contribution in [2.24, 2.45) is 17.3 Å². The summed E-state index contributed by atoms with van der Waals surface area (Å²) in [6.07, 6.45) is 16.1. The number of benzene rings is 1. The first kappa shape index (κ1) is 26.2. The molecule has 0 aromatic heterocycles. The molecule has 178 valence electrons. The van der Waals surface area contributed by atoms with Gasteiger partial charge in [-0.3, -0.25) is 0 Å². The molecule has 2 aliphatic rings. The quantitative estimate of drug-likeness (QED) is 0.396. The second-order valence-corrected chi connectivity index (χ2v) is 10.2. The molecule has 0 aliphatic heterocycles. The average Bonchev–Trinajstić information content (AvgIpc) is 2.82. The molecule has 2 heteroatoms. The van der Waals surface area contributed by atoms with Crippen LogP contribution in [0, 0.1) is 17.3 Å². The molecule has 0 saturated heterocycles. The fourth-order valence-corrected chi connectivity index (χ4v) is 6.24. The Kier molecular flexibility index (Phi) is 11.4. The van der Waals surface area contributed by atoms with Gasteiger partial charge in [0, 0.05) is 6.42 Å². The maximum atomic E-state index is 10.9. The summed E-state index contributed by atoms with van der Waals surface area (Å²) in [5, 5.41) is 10.9. The second-order valence-electron chi connectivity index (χ2n) is 10.2. The van der Waals surface area contributed by atoms with E-state index in [1.165, 1.54) is 82.6 Å². The normalized spacial score (nSPS) is 20.5. The molecular weight excluding hydrogens is 380 g/mol. The van der Waals surface area contributed by atoms with Crippen molar-refractivity contribution in [3.8, 4) is 5.75 Å². The van der Waals surface area contributed by atoms with Crippen LogP contribution in [0.1, 0.15) is 130 Å². The van der Waals surface area contributed by atoms with E-state index >= 15 is 0 Å². The summed E-state index contributed by atoms with van der Waals surface area (Å²) in [6, 6.07) is 8.43. The summed E-state index contributed by atoms with van der Waals surface area (Å²) < 4.78 is 6.04. The van der Waals surface area contributed by atoms with E-state index in [0.29, 0.717) is 5.92 Å². The number of rotatable bonds is 9. The fraction of sp³-hybridized carbons (Fsp3) is 0.793. The largest absolute Gasteiger partial charge is 0.465 e. The van der Waals surface area contributed by atoms with Gasteiger partial charge in [-0.15, -0.1) is 0 Å². The molecule has 1 aromatic carbocycles. The van der Waals surface area contributed by atoms with Gasteiger partial charge >= 0.3 is 0 Å². The highest BCUT2D eigenvalue weighted by molar-refractivity contribution is 5.29. The molecule has 0 heterocycles. The molecule has 0 amide bonds. The van der Waals surface area contributed by atoms with Gasteiger partial charge in [-0.2, -0.15) is 0 Å². The van der Waals surface area contributed by atoms with Crippen molar-refractivity contribution in [2.45, 2.75) is 130 Å². The molecule has 0 spiro atoms. The highest BCUT2D eigenvalue weighted by Crippen LogP contribution is 2.51. The first-order valence-electron chi connectivity index (χ1n) is 13.5. The average molecular weight is 431 g/mol. The summed E-state index contributed by atoms with van der Waals surface area (Å²) in [5.41, 5.74) is 1.57. The van der Waals surface area contributed by atoms with Crippen molar-refractivity contribution in [1.82, 2.24) is 0 Å². The molecule has 2 aliphatic carbocycles. The van der Waals surface area contributed by atoms with Crippen molar-refractivity contribution >= 4 is 0 Å². The lowest BCUT2D eigenvalue weighted by atomic mass is 9.58. The van der Waals surface area contributed by atoms with E-state index < -0.39 is 6.29 Å². The number of hydrogen-bond acceptors (Lipinski definition) is 2. The van der Waals surface area contributed by atoms with E-state index in [-0.39, 0.29) is 5.41 Å². The van der Waals surface area contributed by atoms with Gasteiger partial charge in [0.1, 0.15) is 5.75 Å². The summed E-state index contributed by atoms with van der Waals surface area (Å²) in [6.45, 7) is 11.0. The topological polar surface area (TPSA) is 29.5 Å². The summed E-state index contributed by atoms with van der Waals surface area (Å²) in [7, 11) is 0. The van der Waals surface area contributed by atoms with Crippen LogP contribution in [0.2, 0.25) is 0 Å². The summed E-state index contributed by atoms with van der Waals surface area (Å²) in [5.74, 6) is 2.88. The Balaban J connectivity index is 0.00000166. The van der Waals surface area contributed by atoms with Gasteiger partial charge in [-0.25, -0.2) is 0 Å². The first-order valence-corrected chi connectivity index (χ1v) is 13.5. The Hall–Kier alpha value is -1.02. The van der Waals surface area contributed by atoms with Gasteiger partial charge in [0.05, 0.1) is 0 Å². The van der Waals surface area contributed by atoms with Crippen molar-refractivity contribution < 1.29 is 9.84 Å². The van der Waals surface area contributed by atoms with E-state index in [1.54, 1.807) is 0 Å². The predicted octanol–water partition coefficient (Wildman–Crippen LogP) is 8.87. The van der Waals surface area contributed by atoms with Gasteiger partial charge in [-0.05, 0) is 73.0 Å². The van der Waals surface area contributed by atoms with E-state index in [2.05, 4.69) is 32.9 Å². The Morgan fingerprint density at radius 2 is 1.39 bits per heavy atom. The standard InChI is InChI=1S/C27H44O2.C2H6/c1-4-11-21(2)22-16-18-25(19-17-22)29-26(28)20-27(3,23-12-7-5-8-13-23)24-14-9-6-10-15-24;1-2/h16-19,21,23-24,26,28H,4-15,20H2,1-3H3;1-2H3. The molecule has 1 aromatic rings. The zero-order valence-electron chi connectivity index (χ0n) is 21.2. The van der Waals surface area contributed by atoms with Gasteiger partial charge in [0.15, 0.2) is 6.29 Å². The van der Waals surface area contributed by atoms with Crippen LogP contribution >= 0.6 is 0 Å². The molecule has 2 nitrogen and oxygen atoms in total. The number of aliphatic hydroxyl groups is 1. The molecule has 0 radical (unpaired) electrons.